The Balaban J connectivity index is 1.58. The Morgan fingerprint density at radius 1 is 1.28 bits per heavy atom. The fourth-order valence-corrected chi connectivity index (χ4v) is 3.67. The van der Waals surface area contributed by atoms with Crippen molar-refractivity contribution < 1.29 is 19.1 Å². The quantitative estimate of drug-likeness (QED) is 0.860. The summed E-state index contributed by atoms with van der Waals surface area (Å²) in [4.78, 5) is 26.2. The number of cyclic esters (lactones) is 1. The van der Waals surface area contributed by atoms with Gasteiger partial charge in [-0.1, -0.05) is 37.5 Å². The molecule has 1 aliphatic heterocycles. The molecule has 6 nitrogen and oxygen atoms in total. The van der Waals surface area contributed by atoms with Crippen LogP contribution in [-0.2, 0) is 16.1 Å². The van der Waals surface area contributed by atoms with E-state index in [0.29, 0.717) is 19.0 Å². The minimum absolute atomic E-state index is 0.128. The minimum Gasteiger partial charge on any atom is -0.496 e. The van der Waals surface area contributed by atoms with Crippen molar-refractivity contribution in [3.63, 3.8) is 0 Å². The number of benzene rings is 1. The number of amides is 2. The van der Waals surface area contributed by atoms with Gasteiger partial charge >= 0.3 is 6.09 Å². The van der Waals surface area contributed by atoms with Crippen LogP contribution in [0.3, 0.4) is 0 Å². The molecule has 0 spiro atoms. The summed E-state index contributed by atoms with van der Waals surface area (Å²) < 4.78 is 10.4. The first-order chi connectivity index (χ1) is 12.2. The molecule has 1 heterocycles. The third-order valence-electron chi connectivity index (χ3n) is 5.10. The number of nitrogens with one attached hydrogen (secondary N) is 1. The van der Waals surface area contributed by atoms with Gasteiger partial charge in [0.05, 0.1) is 7.11 Å². The first kappa shape index (κ1) is 17.6. The zero-order valence-electron chi connectivity index (χ0n) is 14.7. The van der Waals surface area contributed by atoms with Gasteiger partial charge in [0.25, 0.3) is 0 Å². The van der Waals surface area contributed by atoms with Crippen molar-refractivity contribution in [1.29, 1.82) is 0 Å². The third kappa shape index (κ3) is 4.24. The zero-order valence-corrected chi connectivity index (χ0v) is 14.7. The lowest BCUT2D eigenvalue weighted by molar-refractivity contribution is -0.125. The number of hydrogen-bond acceptors (Lipinski definition) is 4. The Kier molecular flexibility index (Phi) is 5.79. The summed E-state index contributed by atoms with van der Waals surface area (Å²) in [5, 5.41) is 2.91. The molecule has 6 heteroatoms. The molecule has 1 aliphatic carbocycles. The molecule has 0 aromatic heterocycles. The van der Waals surface area contributed by atoms with Gasteiger partial charge in [-0.2, -0.15) is 0 Å². The molecule has 2 fully saturated rings. The summed E-state index contributed by atoms with van der Waals surface area (Å²) >= 11 is 0. The highest BCUT2D eigenvalue weighted by Gasteiger charge is 2.39. The summed E-state index contributed by atoms with van der Waals surface area (Å²) in [6, 6.07) is 7.03. The molecular formula is C19H26N2O4. The molecule has 1 atom stereocenters. The minimum atomic E-state index is -0.538. The smallest absolute Gasteiger partial charge is 0.410 e. The van der Waals surface area contributed by atoms with Crippen LogP contribution in [0.15, 0.2) is 24.3 Å². The van der Waals surface area contributed by atoms with E-state index >= 15 is 0 Å². The molecule has 1 aromatic rings. The Morgan fingerprint density at radius 2 is 2.04 bits per heavy atom. The van der Waals surface area contributed by atoms with Crippen LogP contribution in [0.2, 0.25) is 0 Å². The van der Waals surface area contributed by atoms with Crippen molar-refractivity contribution in [3.05, 3.63) is 29.8 Å². The second-order valence-corrected chi connectivity index (χ2v) is 6.78. The van der Waals surface area contributed by atoms with Gasteiger partial charge in [-0.05, 0) is 24.8 Å². The molecule has 136 valence electrons. The van der Waals surface area contributed by atoms with Crippen LogP contribution in [0.1, 0.15) is 37.7 Å². The summed E-state index contributed by atoms with van der Waals surface area (Å²) in [5.74, 6) is 1.04. The van der Waals surface area contributed by atoms with Gasteiger partial charge in [0, 0.05) is 18.7 Å². The van der Waals surface area contributed by atoms with Crippen molar-refractivity contribution in [2.24, 2.45) is 5.92 Å². The normalized spacial score (nSPS) is 21.1. The van der Waals surface area contributed by atoms with Crippen LogP contribution in [0.25, 0.3) is 0 Å². The van der Waals surface area contributed by atoms with Crippen molar-refractivity contribution in [1.82, 2.24) is 10.2 Å². The maximum Gasteiger partial charge on any atom is 0.410 e. The molecule has 0 radical (unpaired) electrons. The first-order valence-corrected chi connectivity index (χ1v) is 9.02. The second-order valence-electron chi connectivity index (χ2n) is 6.78. The Bertz CT molecular complexity index is 613. The topological polar surface area (TPSA) is 67.9 Å². The lowest BCUT2D eigenvalue weighted by atomic mass is 9.89. The highest BCUT2D eigenvalue weighted by Crippen LogP contribution is 2.26. The maximum absolute atomic E-state index is 12.6. The number of para-hydroxylation sites is 1. The van der Waals surface area contributed by atoms with E-state index in [1.165, 1.54) is 19.3 Å². The average Bonchev–Trinajstić information content (AvgIpc) is 3.01. The molecule has 1 aromatic carbocycles. The molecule has 3 rings (SSSR count). The van der Waals surface area contributed by atoms with Crippen LogP contribution in [-0.4, -0.2) is 43.2 Å². The van der Waals surface area contributed by atoms with Crippen LogP contribution in [0.5, 0.6) is 5.75 Å². The molecular weight excluding hydrogens is 320 g/mol. The van der Waals surface area contributed by atoms with Crippen LogP contribution < -0.4 is 10.1 Å². The summed E-state index contributed by atoms with van der Waals surface area (Å²) in [6.07, 6.45) is 5.56. The second kappa shape index (κ2) is 8.23. The SMILES string of the molecule is COc1ccccc1CNC(=O)[C@@H]1COC(=O)N1CC1CCCCC1. The molecule has 1 N–H and O–H groups in total. The van der Waals surface area contributed by atoms with E-state index in [2.05, 4.69) is 5.32 Å². The van der Waals surface area contributed by atoms with Gasteiger partial charge in [0.2, 0.25) is 5.91 Å². The van der Waals surface area contributed by atoms with E-state index in [4.69, 9.17) is 9.47 Å². The highest BCUT2D eigenvalue weighted by molar-refractivity contribution is 5.87. The Morgan fingerprint density at radius 3 is 2.80 bits per heavy atom. The van der Waals surface area contributed by atoms with E-state index < -0.39 is 6.04 Å². The van der Waals surface area contributed by atoms with Gasteiger partial charge in [0.1, 0.15) is 18.4 Å². The Hall–Kier alpha value is -2.24. The number of methoxy groups -OCH3 is 1. The van der Waals surface area contributed by atoms with Crippen LogP contribution in [0, 0.1) is 5.92 Å². The van der Waals surface area contributed by atoms with Gasteiger partial charge in [-0.25, -0.2) is 4.79 Å². The molecule has 0 bridgehead atoms. The fraction of sp³-hybridized carbons (Fsp3) is 0.579. The number of carbonyl (C=O) groups excluding carboxylic acids is 2. The van der Waals surface area contributed by atoms with E-state index in [1.54, 1.807) is 12.0 Å². The number of carbonyl (C=O) groups is 2. The predicted octanol–water partition coefficient (Wildman–Crippen LogP) is 2.71. The van der Waals surface area contributed by atoms with Crippen molar-refractivity contribution in [2.45, 2.75) is 44.7 Å². The van der Waals surface area contributed by atoms with E-state index in [9.17, 15) is 9.59 Å². The summed E-state index contributed by atoms with van der Waals surface area (Å²) in [5.41, 5.74) is 0.905. The monoisotopic (exact) mass is 346 g/mol. The molecule has 1 saturated heterocycles. The van der Waals surface area contributed by atoms with Crippen LogP contribution in [0.4, 0.5) is 4.79 Å². The van der Waals surface area contributed by atoms with Gasteiger partial charge in [-0.3, -0.25) is 9.69 Å². The fourth-order valence-electron chi connectivity index (χ4n) is 3.67. The lowest BCUT2D eigenvalue weighted by Crippen LogP contribution is -2.47. The molecule has 2 aliphatic rings. The largest absolute Gasteiger partial charge is 0.496 e. The van der Waals surface area contributed by atoms with Gasteiger partial charge < -0.3 is 14.8 Å². The Labute approximate surface area is 148 Å². The number of ether oxygens (including phenoxy) is 2. The van der Waals surface area contributed by atoms with Crippen LogP contribution >= 0.6 is 0 Å². The molecule has 2 amide bonds. The van der Waals surface area contributed by atoms with E-state index in [-0.39, 0.29) is 18.6 Å². The maximum atomic E-state index is 12.6. The summed E-state index contributed by atoms with van der Waals surface area (Å²) in [6.45, 7) is 1.11. The number of nitrogens with zero attached hydrogens (tertiary/aromatic N) is 1. The average molecular weight is 346 g/mol. The zero-order chi connectivity index (χ0) is 17.6. The summed E-state index contributed by atoms with van der Waals surface area (Å²) in [7, 11) is 1.61. The van der Waals surface area contributed by atoms with E-state index in [1.807, 2.05) is 24.3 Å². The number of rotatable bonds is 6. The standard InChI is InChI=1S/C19H26N2O4/c1-24-17-10-6-5-9-15(17)11-20-18(22)16-13-25-19(23)21(16)12-14-7-3-2-4-8-14/h5-6,9-10,14,16H,2-4,7-8,11-13H2,1H3,(H,20,22)/t16-/m0/s1. The molecule has 0 unspecified atom stereocenters. The van der Waals surface area contributed by atoms with Crippen molar-refractivity contribution in [2.75, 3.05) is 20.3 Å². The van der Waals surface area contributed by atoms with E-state index in [0.717, 1.165) is 24.2 Å². The van der Waals surface area contributed by atoms with Gasteiger partial charge in [-0.15, -0.1) is 0 Å². The first-order valence-electron chi connectivity index (χ1n) is 9.02. The predicted molar refractivity (Wildman–Crippen MR) is 93.3 cm³/mol. The number of hydrogen-bond donors (Lipinski definition) is 1. The van der Waals surface area contributed by atoms with Gasteiger partial charge in [0.15, 0.2) is 0 Å². The molecule has 1 saturated carbocycles. The lowest BCUT2D eigenvalue weighted by Gasteiger charge is -2.28. The highest BCUT2D eigenvalue weighted by atomic mass is 16.6. The van der Waals surface area contributed by atoms with Crippen molar-refractivity contribution >= 4 is 12.0 Å². The molecule has 25 heavy (non-hydrogen) atoms. The third-order valence-corrected chi connectivity index (χ3v) is 5.10. The van der Waals surface area contributed by atoms with Crippen molar-refractivity contribution in [3.8, 4) is 5.75 Å².